The number of ether oxygens (including phenoxy) is 1. The number of hydrogen-bond donors (Lipinski definition) is 0. The smallest absolute Gasteiger partial charge is 0.131 e. The largest absolute Gasteiger partial charge is 0.496 e. The first-order valence-corrected chi connectivity index (χ1v) is 9.74. The molecular weight excluding hydrogens is 340 g/mol. The molecule has 0 aromatic heterocycles. The van der Waals surface area contributed by atoms with E-state index in [-0.39, 0.29) is 5.92 Å². The predicted molar refractivity (Wildman–Crippen MR) is 116 cm³/mol. The van der Waals surface area contributed by atoms with Crippen molar-refractivity contribution in [3.8, 4) is 0 Å². The van der Waals surface area contributed by atoms with Gasteiger partial charge < -0.3 is 4.74 Å². The lowest BCUT2D eigenvalue weighted by Gasteiger charge is -2.19. The van der Waals surface area contributed by atoms with Crippen LogP contribution in [0.2, 0.25) is 0 Å². The molecule has 0 aliphatic heterocycles. The first-order valence-electron chi connectivity index (χ1n) is 9.74. The number of allylic oxidation sites excluding steroid dienone is 10. The Kier molecular flexibility index (Phi) is 4.21. The molecule has 0 saturated heterocycles. The molecule has 1 heteroatoms. The van der Waals surface area contributed by atoms with Crippen molar-refractivity contribution in [1.29, 1.82) is 0 Å². The fourth-order valence-corrected chi connectivity index (χ4v) is 4.50. The summed E-state index contributed by atoms with van der Waals surface area (Å²) in [6, 6.07) is 21.4. The first-order chi connectivity index (χ1) is 13.9. The van der Waals surface area contributed by atoms with E-state index in [4.69, 9.17) is 4.74 Å². The number of hydrogen-bond acceptors (Lipinski definition) is 1. The van der Waals surface area contributed by atoms with Gasteiger partial charge >= 0.3 is 0 Å². The first kappa shape index (κ1) is 16.8. The Morgan fingerprint density at radius 1 is 0.821 bits per heavy atom. The number of benzene rings is 2. The van der Waals surface area contributed by atoms with Gasteiger partial charge in [0, 0.05) is 17.1 Å². The highest BCUT2D eigenvalue weighted by atomic mass is 16.5. The lowest BCUT2D eigenvalue weighted by Crippen LogP contribution is -2.02. The molecule has 0 N–H and O–H groups in total. The van der Waals surface area contributed by atoms with Crippen LogP contribution in [0.25, 0.3) is 5.57 Å². The van der Waals surface area contributed by atoms with Crippen LogP contribution >= 0.6 is 0 Å². The van der Waals surface area contributed by atoms with Gasteiger partial charge in [0.1, 0.15) is 5.76 Å². The molecule has 3 aliphatic carbocycles. The fraction of sp³-hybridized carbons (Fsp3) is 0.111. The van der Waals surface area contributed by atoms with Crippen LogP contribution in [0.4, 0.5) is 0 Å². The predicted octanol–water partition coefficient (Wildman–Crippen LogP) is 6.52. The minimum Gasteiger partial charge on any atom is -0.496 e. The second-order valence-electron chi connectivity index (χ2n) is 7.32. The Bertz CT molecular complexity index is 1090. The molecule has 2 aromatic rings. The van der Waals surface area contributed by atoms with Crippen molar-refractivity contribution in [1.82, 2.24) is 0 Å². The molecule has 0 saturated carbocycles. The van der Waals surface area contributed by atoms with Crippen LogP contribution in [0.1, 0.15) is 23.5 Å². The maximum Gasteiger partial charge on any atom is 0.131 e. The van der Waals surface area contributed by atoms with Gasteiger partial charge in [-0.15, -0.1) is 0 Å². The average molecular weight is 362 g/mol. The molecule has 136 valence electrons. The van der Waals surface area contributed by atoms with Crippen molar-refractivity contribution in [2.45, 2.75) is 12.3 Å². The molecule has 0 radical (unpaired) electrons. The SMILES string of the molecule is COC1=C(c2ccccc2)[C@@H](c2ccccc2)C2=C1C1=CC=CC=C(C=C2)C1. The standard InChI is InChI=1S/C27H22O/c1-28-27-25-22-15-9-8-10-19(18-22)16-17-23(25)24(20-11-4-2-5-12-20)26(27)21-13-6-3-7-14-21/h2-17,24H,18H2,1H3/t24-/m0/s1. The lowest BCUT2D eigenvalue weighted by molar-refractivity contribution is 0.304. The van der Waals surface area contributed by atoms with Crippen LogP contribution in [0.3, 0.4) is 0 Å². The van der Waals surface area contributed by atoms with Gasteiger partial charge in [0.2, 0.25) is 0 Å². The monoisotopic (exact) mass is 362 g/mol. The summed E-state index contributed by atoms with van der Waals surface area (Å²) in [4.78, 5) is 0. The highest BCUT2D eigenvalue weighted by Crippen LogP contribution is 2.53. The lowest BCUT2D eigenvalue weighted by atomic mass is 9.84. The molecule has 1 nitrogen and oxygen atoms in total. The summed E-state index contributed by atoms with van der Waals surface area (Å²) in [6.07, 6.45) is 14.2. The van der Waals surface area contributed by atoms with Gasteiger partial charge in [-0.1, -0.05) is 97.1 Å². The van der Waals surface area contributed by atoms with Crippen LogP contribution < -0.4 is 0 Å². The van der Waals surface area contributed by atoms with E-state index < -0.39 is 0 Å². The van der Waals surface area contributed by atoms with Crippen molar-refractivity contribution >= 4 is 5.57 Å². The van der Waals surface area contributed by atoms with Crippen LogP contribution in [0.5, 0.6) is 0 Å². The zero-order valence-corrected chi connectivity index (χ0v) is 15.9. The Labute approximate surface area is 166 Å². The highest BCUT2D eigenvalue weighted by molar-refractivity contribution is 5.87. The zero-order chi connectivity index (χ0) is 18.9. The molecule has 0 spiro atoms. The molecule has 5 rings (SSSR count). The maximum absolute atomic E-state index is 6.09. The Morgan fingerprint density at radius 3 is 2.29 bits per heavy atom. The van der Waals surface area contributed by atoms with Crippen molar-refractivity contribution in [2.24, 2.45) is 0 Å². The molecular formula is C27H22O. The van der Waals surface area contributed by atoms with Gasteiger partial charge in [-0.05, 0) is 34.3 Å². The minimum absolute atomic E-state index is 0.163. The molecule has 3 aliphatic rings. The topological polar surface area (TPSA) is 9.23 Å². The average Bonchev–Trinajstić information content (AvgIpc) is 2.87. The second-order valence-corrected chi connectivity index (χ2v) is 7.32. The molecule has 28 heavy (non-hydrogen) atoms. The number of rotatable bonds is 3. The summed E-state index contributed by atoms with van der Waals surface area (Å²) in [5.74, 6) is 1.17. The third-order valence-electron chi connectivity index (χ3n) is 5.69. The summed E-state index contributed by atoms with van der Waals surface area (Å²) in [6.45, 7) is 0. The van der Waals surface area contributed by atoms with E-state index in [2.05, 4.69) is 97.1 Å². The van der Waals surface area contributed by atoms with E-state index in [1.807, 2.05) is 0 Å². The maximum atomic E-state index is 6.09. The van der Waals surface area contributed by atoms with E-state index in [1.165, 1.54) is 39.0 Å². The zero-order valence-electron chi connectivity index (χ0n) is 15.9. The van der Waals surface area contributed by atoms with Gasteiger partial charge in [-0.3, -0.25) is 0 Å². The minimum atomic E-state index is 0.163. The fourth-order valence-electron chi connectivity index (χ4n) is 4.50. The van der Waals surface area contributed by atoms with E-state index in [1.54, 1.807) is 7.11 Å². The Balaban J connectivity index is 1.80. The summed E-state index contributed by atoms with van der Waals surface area (Å²) >= 11 is 0. The third kappa shape index (κ3) is 2.71. The van der Waals surface area contributed by atoms with Crippen molar-refractivity contribution in [3.63, 3.8) is 0 Å². The summed E-state index contributed by atoms with van der Waals surface area (Å²) < 4.78 is 6.09. The Morgan fingerprint density at radius 2 is 1.54 bits per heavy atom. The van der Waals surface area contributed by atoms with Crippen molar-refractivity contribution < 1.29 is 4.74 Å². The van der Waals surface area contributed by atoms with Crippen LogP contribution in [-0.4, -0.2) is 7.11 Å². The highest BCUT2D eigenvalue weighted by Gasteiger charge is 2.37. The van der Waals surface area contributed by atoms with E-state index in [0.29, 0.717) is 0 Å². The number of methoxy groups -OCH3 is 1. The molecule has 0 fully saturated rings. The van der Waals surface area contributed by atoms with Gasteiger partial charge in [0.25, 0.3) is 0 Å². The third-order valence-corrected chi connectivity index (χ3v) is 5.69. The molecule has 0 unspecified atom stereocenters. The summed E-state index contributed by atoms with van der Waals surface area (Å²) in [7, 11) is 1.80. The van der Waals surface area contributed by atoms with Crippen molar-refractivity contribution in [3.05, 3.63) is 136 Å². The van der Waals surface area contributed by atoms with Gasteiger partial charge in [-0.2, -0.15) is 0 Å². The molecule has 2 bridgehead atoms. The van der Waals surface area contributed by atoms with Gasteiger partial charge in [-0.25, -0.2) is 0 Å². The van der Waals surface area contributed by atoms with Gasteiger partial charge in [0.05, 0.1) is 7.11 Å². The van der Waals surface area contributed by atoms with Gasteiger partial charge in [0.15, 0.2) is 0 Å². The van der Waals surface area contributed by atoms with Crippen LogP contribution in [0.15, 0.2) is 125 Å². The van der Waals surface area contributed by atoms with E-state index in [0.717, 1.165) is 12.2 Å². The van der Waals surface area contributed by atoms with E-state index in [9.17, 15) is 0 Å². The Hall–Kier alpha value is -3.32. The van der Waals surface area contributed by atoms with E-state index >= 15 is 0 Å². The molecule has 2 aromatic carbocycles. The van der Waals surface area contributed by atoms with Crippen LogP contribution in [0, 0.1) is 0 Å². The molecule has 0 amide bonds. The number of fused-ring (bicyclic) bond motifs is 3. The molecule has 0 heterocycles. The second kappa shape index (κ2) is 7.01. The molecule has 1 atom stereocenters. The quantitative estimate of drug-likeness (QED) is 0.604. The van der Waals surface area contributed by atoms with Crippen molar-refractivity contribution in [2.75, 3.05) is 7.11 Å². The van der Waals surface area contributed by atoms with Crippen LogP contribution in [-0.2, 0) is 4.74 Å². The summed E-state index contributed by atoms with van der Waals surface area (Å²) in [5, 5.41) is 0. The normalized spacial score (nSPS) is 20.4. The summed E-state index contributed by atoms with van der Waals surface area (Å²) in [5.41, 5.74) is 9.00.